The van der Waals surface area contributed by atoms with E-state index in [1.54, 1.807) is 36.7 Å². The van der Waals surface area contributed by atoms with Crippen LogP contribution in [-0.4, -0.2) is 19.3 Å². The minimum atomic E-state index is -3.76. The summed E-state index contributed by atoms with van der Waals surface area (Å²) in [6, 6.07) is 8.27. The van der Waals surface area contributed by atoms with Gasteiger partial charge in [-0.05, 0) is 12.1 Å². The summed E-state index contributed by atoms with van der Waals surface area (Å²) in [6.07, 6.45) is 3.17. The van der Waals surface area contributed by atoms with E-state index in [0.29, 0.717) is 11.1 Å². The summed E-state index contributed by atoms with van der Waals surface area (Å²) in [6.45, 7) is 0. The van der Waals surface area contributed by atoms with Crippen molar-refractivity contribution in [2.45, 2.75) is 4.90 Å². The van der Waals surface area contributed by atoms with Crippen molar-refractivity contribution in [1.82, 2.24) is 9.71 Å². The van der Waals surface area contributed by atoms with Crippen molar-refractivity contribution in [1.29, 1.82) is 0 Å². The van der Waals surface area contributed by atoms with Crippen LogP contribution in [0.2, 0.25) is 0 Å². The number of fused-ring (bicyclic) bond motifs is 1. The molecule has 0 radical (unpaired) electrons. The molecule has 1 aromatic carbocycles. The third-order valence-corrected chi connectivity index (χ3v) is 4.16. The minimum absolute atomic E-state index is 0.0306. The van der Waals surface area contributed by atoms with Crippen LogP contribution in [0.4, 0.5) is 0 Å². The Morgan fingerprint density at radius 2 is 1.83 bits per heavy atom. The zero-order valence-corrected chi connectivity index (χ0v) is 9.94. The van der Waals surface area contributed by atoms with Crippen LogP contribution in [0.25, 0.3) is 11.1 Å². The highest BCUT2D eigenvalue weighted by atomic mass is 32.2. The van der Waals surface area contributed by atoms with Crippen LogP contribution in [0, 0.1) is 0 Å². The maximum Gasteiger partial charge on any atom is 0.266 e. The van der Waals surface area contributed by atoms with Gasteiger partial charge in [-0.15, -0.1) is 0 Å². The number of benzene rings is 1. The third-order valence-electron chi connectivity index (χ3n) is 2.73. The highest BCUT2D eigenvalue weighted by molar-refractivity contribution is 7.90. The van der Waals surface area contributed by atoms with Crippen molar-refractivity contribution in [3.8, 4) is 11.1 Å². The topological polar surface area (TPSA) is 76.1 Å². The third kappa shape index (κ3) is 1.50. The fraction of sp³-hybridized carbons (Fsp3) is 0. The zero-order valence-electron chi connectivity index (χ0n) is 9.12. The van der Waals surface area contributed by atoms with Gasteiger partial charge in [-0.1, -0.05) is 18.2 Å². The molecule has 5 nitrogen and oxygen atoms in total. The number of carbonyl (C=O) groups is 1. The monoisotopic (exact) mass is 260 g/mol. The molecular formula is C12H8N2O3S. The van der Waals surface area contributed by atoms with Crippen LogP contribution in [0.3, 0.4) is 0 Å². The van der Waals surface area contributed by atoms with Gasteiger partial charge in [-0.2, -0.15) is 0 Å². The molecule has 1 aromatic heterocycles. The first-order valence-electron chi connectivity index (χ1n) is 5.20. The van der Waals surface area contributed by atoms with Gasteiger partial charge in [0, 0.05) is 23.5 Å². The Bertz CT molecular complexity index is 739. The summed E-state index contributed by atoms with van der Waals surface area (Å²) in [5.41, 5.74) is 1.32. The smallest absolute Gasteiger partial charge is 0.266 e. The number of hydrogen-bond acceptors (Lipinski definition) is 4. The number of nitrogens with one attached hydrogen (secondary N) is 1. The largest absolute Gasteiger partial charge is 0.268 e. The Hall–Kier alpha value is -2.21. The molecule has 0 bridgehead atoms. The van der Waals surface area contributed by atoms with Gasteiger partial charge in [0.05, 0.1) is 5.56 Å². The molecule has 1 amide bonds. The number of pyridine rings is 1. The van der Waals surface area contributed by atoms with Crippen molar-refractivity contribution < 1.29 is 13.2 Å². The molecule has 90 valence electrons. The molecule has 2 heterocycles. The maximum absolute atomic E-state index is 11.9. The number of rotatable bonds is 1. The second-order valence-electron chi connectivity index (χ2n) is 3.86. The number of nitrogens with zero attached hydrogens (tertiary/aromatic N) is 1. The highest BCUT2D eigenvalue weighted by Crippen LogP contribution is 2.32. The van der Waals surface area contributed by atoms with Gasteiger partial charge < -0.3 is 0 Å². The Labute approximate surface area is 104 Å². The molecule has 0 saturated heterocycles. The molecule has 18 heavy (non-hydrogen) atoms. The SMILES string of the molecule is O=C1NS(=O)(=O)c2c1cccc2-c1cccnc1. The van der Waals surface area contributed by atoms with E-state index in [9.17, 15) is 13.2 Å². The lowest BCUT2D eigenvalue weighted by Crippen LogP contribution is -2.20. The Kier molecular flexibility index (Phi) is 2.21. The minimum Gasteiger partial charge on any atom is -0.268 e. The van der Waals surface area contributed by atoms with Gasteiger partial charge in [-0.25, -0.2) is 13.1 Å². The number of amides is 1. The Morgan fingerprint density at radius 3 is 2.56 bits per heavy atom. The van der Waals surface area contributed by atoms with Crippen molar-refractivity contribution >= 4 is 15.9 Å². The normalized spacial score (nSPS) is 16.1. The fourth-order valence-electron chi connectivity index (χ4n) is 1.98. The van der Waals surface area contributed by atoms with Gasteiger partial charge in [0.2, 0.25) is 0 Å². The lowest BCUT2D eigenvalue weighted by atomic mass is 10.0. The van der Waals surface area contributed by atoms with Gasteiger partial charge >= 0.3 is 0 Å². The molecule has 0 unspecified atom stereocenters. The average molecular weight is 260 g/mol. The first kappa shape index (κ1) is 10.9. The Morgan fingerprint density at radius 1 is 1.06 bits per heavy atom. The van der Waals surface area contributed by atoms with E-state index < -0.39 is 15.9 Å². The van der Waals surface area contributed by atoms with Gasteiger partial charge in [0.25, 0.3) is 15.9 Å². The van der Waals surface area contributed by atoms with Gasteiger partial charge in [-0.3, -0.25) is 9.78 Å². The van der Waals surface area contributed by atoms with Gasteiger partial charge in [0.1, 0.15) is 4.90 Å². The lowest BCUT2D eigenvalue weighted by Gasteiger charge is -2.05. The number of aromatic nitrogens is 1. The zero-order chi connectivity index (χ0) is 12.8. The molecule has 2 aromatic rings. The first-order chi connectivity index (χ1) is 8.59. The number of sulfonamides is 1. The molecule has 3 rings (SSSR count). The maximum atomic E-state index is 11.9. The van der Waals surface area contributed by atoms with Crippen LogP contribution in [0.15, 0.2) is 47.6 Å². The quantitative estimate of drug-likeness (QED) is 0.835. The molecule has 1 N–H and O–H groups in total. The Balaban J connectivity index is 2.36. The molecule has 1 aliphatic rings. The van der Waals surface area contributed by atoms with Crippen LogP contribution in [0.5, 0.6) is 0 Å². The van der Waals surface area contributed by atoms with E-state index in [-0.39, 0.29) is 10.5 Å². The standard InChI is InChI=1S/C12H8N2O3S/c15-12-10-5-1-4-9(8-3-2-6-13-7-8)11(10)18(16,17)14-12/h1-7H,(H,14,15). The summed E-state index contributed by atoms with van der Waals surface area (Å²) in [5.74, 6) is -0.587. The van der Waals surface area contributed by atoms with Crippen molar-refractivity contribution in [3.63, 3.8) is 0 Å². The van der Waals surface area contributed by atoms with Crippen molar-refractivity contribution in [2.75, 3.05) is 0 Å². The van der Waals surface area contributed by atoms with Crippen LogP contribution < -0.4 is 4.72 Å². The molecule has 0 fully saturated rings. The predicted octanol–water partition coefficient (Wildman–Crippen LogP) is 1.18. The van der Waals surface area contributed by atoms with Crippen LogP contribution >= 0.6 is 0 Å². The molecule has 0 saturated carbocycles. The molecule has 1 aliphatic heterocycles. The summed E-state index contributed by atoms with van der Waals surface area (Å²) >= 11 is 0. The second kappa shape index (κ2) is 3.64. The van der Waals surface area contributed by atoms with Gasteiger partial charge in [0.15, 0.2) is 0 Å². The molecule has 6 heteroatoms. The van der Waals surface area contributed by atoms with Crippen molar-refractivity contribution in [2.24, 2.45) is 0 Å². The van der Waals surface area contributed by atoms with E-state index in [4.69, 9.17) is 0 Å². The second-order valence-corrected chi connectivity index (χ2v) is 5.48. The molecular weight excluding hydrogens is 252 g/mol. The summed E-state index contributed by atoms with van der Waals surface area (Å²) in [7, 11) is -3.76. The van der Waals surface area contributed by atoms with E-state index in [0.717, 1.165) is 0 Å². The van der Waals surface area contributed by atoms with Crippen molar-refractivity contribution in [3.05, 3.63) is 48.3 Å². The molecule has 0 atom stereocenters. The van der Waals surface area contributed by atoms with Crippen LogP contribution in [-0.2, 0) is 10.0 Å². The van der Waals surface area contributed by atoms with E-state index in [2.05, 4.69) is 4.98 Å². The predicted molar refractivity (Wildman–Crippen MR) is 64.3 cm³/mol. The fourth-order valence-corrected chi connectivity index (χ4v) is 3.36. The molecule has 0 aliphatic carbocycles. The summed E-state index contributed by atoms with van der Waals surface area (Å²) < 4.78 is 25.8. The number of carbonyl (C=O) groups excluding carboxylic acids is 1. The van der Waals surface area contributed by atoms with E-state index in [1.165, 1.54) is 6.07 Å². The van der Waals surface area contributed by atoms with Crippen LogP contribution in [0.1, 0.15) is 10.4 Å². The summed E-state index contributed by atoms with van der Waals surface area (Å²) in [4.78, 5) is 15.5. The van der Waals surface area contributed by atoms with E-state index >= 15 is 0 Å². The summed E-state index contributed by atoms with van der Waals surface area (Å²) in [5, 5.41) is 0. The average Bonchev–Trinajstić information content (AvgIpc) is 2.61. The lowest BCUT2D eigenvalue weighted by molar-refractivity contribution is 0.0985. The first-order valence-corrected chi connectivity index (χ1v) is 6.68. The molecule has 0 spiro atoms. The highest BCUT2D eigenvalue weighted by Gasteiger charge is 2.34. The van der Waals surface area contributed by atoms with E-state index in [1.807, 2.05) is 4.72 Å². The number of hydrogen-bond donors (Lipinski definition) is 1.